The Morgan fingerprint density at radius 3 is 2.67 bits per heavy atom. The number of hydrogen-bond acceptors (Lipinski definition) is 5. The van der Waals surface area contributed by atoms with Crippen molar-refractivity contribution in [3.63, 3.8) is 0 Å². The van der Waals surface area contributed by atoms with Crippen LogP contribution in [0.2, 0.25) is 0 Å². The summed E-state index contributed by atoms with van der Waals surface area (Å²) in [5.41, 5.74) is 10.2. The Morgan fingerprint density at radius 1 is 1.23 bits per heavy atom. The van der Waals surface area contributed by atoms with Gasteiger partial charge in [0.15, 0.2) is 0 Å². The average Bonchev–Trinajstić information content (AvgIpc) is 3.10. The van der Waals surface area contributed by atoms with E-state index in [2.05, 4.69) is 15.9 Å². The second-order valence-corrected chi connectivity index (χ2v) is 8.78. The fraction of sp³-hybridized carbons (Fsp3) is 0.391. The molecule has 0 fully saturated rings. The molecule has 1 atom stereocenters. The van der Waals surface area contributed by atoms with Crippen molar-refractivity contribution in [2.75, 3.05) is 18.1 Å². The van der Waals surface area contributed by atoms with E-state index >= 15 is 0 Å². The Labute approximate surface area is 185 Å². The lowest BCUT2D eigenvalue weighted by atomic mass is 9.98. The quantitative estimate of drug-likeness (QED) is 0.475. The zero-order valence-corrected chi connectivity index (χ0v) is 19.1. The lowest BCUT2D eigenvalue weighted by molar-refractivity contribution is -0.118. The summed E-state index contributed by atoms with van der Waals surface area (Å²) < 4.78 is 11.0. The van der Waals surface area contributed by atoms with Crippen LogP contribution < -0.4 is 15.4 Å². The summed E-state index contributed by atoms with van der Waals surface area (Å²) in [7, 11) is 0. The number of ether oxygens (including phenoxy) is 2. The third-order valence-corrected chi connectivity index (χ3v) is 5.66. The molecule has 2 N–H and O–H groups in total. The number of fused-ring (bicyclic) bond motifs is 1. The first-order chi connectivity index (χ1) is 14.3. The lowest BCUT2D eigenvalue weighted by Gasteiger charge is -2.22. The minimum Gasteiger partial charge on any atom is -0.434 e. The van der Waals surface area contributed by atoms with Gasteiger partial charge in [-0.15, -0.1) is 0 Å². The first kappa shape index (κ1) is 22.3. The van der Waals surface area contributed by atoms with Gasteiger partial charge in [-0.1, -0.05) is 48.0 Å². The van der Waals surface area contributed by atoms with Gasteiger partial charge in [0.05, 0.1) is 6.61 Å². The van der Waals surface area contributed by atoms with Gasteiger partial charge in [-0.25, -0.2) is 4.79 Å². The summed E-state index contributed by atoms with van der Waals surface area (Å²) in [5.74, 6) is 0.590. The molecule has 2 aromatic rings. The summed E-state index contributed by atoms with van der Waals surface area (Å²) in [5, 5.41) is 0. The molecule has 1 unspecified atom stereocenters. The molecule has 0 aliphatic carbocycles. The molecule has 1 aliphatic rings. The van der Waals surface area contributed by atoms with Gasteiger partial charge >= 0.3 is 6.16 Å². The van der Waals surface area contributed by atoms with Gasteiger partial charge in [0.1, 0.15) is 5.75 Å². The Bertz CT molecular complexity index is 922. The van der Waals surface area contributed by atoms with Crippen molar-refractivity contribution in [1.29, 1.82) is 0 Å². The van der Waals surface area contributed by atoms with E-state index in [1.54, 1.807) is 17.0 Å². The van der Waals surface area contributed by atoms with E-state index in [4.69, 9.17) is 15.2 Å². The first-order valence-corrected chi connectivity index (χ1v) is 10.8. The zero-order valence-electron chi connectivity index (χ0n) is 17.5. The second-order valence-electron chi connectivity index (χ2n) is 7.93. The second kappa shape index (κ2) is 9.62. The van der Waals surface area contributed by atoms with Crippen LogP contribution in [0.3, 0.4) is 0 Å². The van der Waals surface area contributed by atoms with E-state index < -0.39 is 12.2 Å². The number of anilines is 1. The van der Waals surface area contributed by atoms with E-state index in [9.17, 15) is 9.59 Å². The molecular weight excluding hydrogens is 448 g/mol. The van der Waals surface area contributed by atoms with E-state index in [-0.39, 0.29) is 18.2 Å². The molecule has 1 amide bonds. The van der Waals surface area contributed by atoms with Gasteiger partial charge in [-0.05, 0) is 54.2 Å². The number of aryl methyl sites for hydroxylation is 1. The highest BCUT2D eigenvalue weighted by molar-refractivity contribution is 9.10. The highest BCUT2D eigenvalue weighted by Gasteiger charge is 2.27. The molecule has 1 aliphatic heterocycles. The molecule has 6 nitrogen and oxygen atoms in total. The van der Waals surface area contributed by atoms with Crippen LogP contribution in [0, 0.1) is 12.8 Å². The van der Waals surface area contributed by atoms with Crippen LogP contribution in [0.1, 0.15) is 43.0 Å². The fourth-order valence-corrected chi connectivity index (χ4v) is 4.44. The zero-order chi connectivity index (χ0) is 21.8. The summed E-state index contributed by atoms with van der Waals surface area (Å²) in [6.45, 7) is 6.75. The number of carbonyl (C=O) groups is 2. The molecular formula is C23H27BrN2O4. The Kier molecular flexibility index (Phi) is 7.15. The first-order valence-electron chi connectivity index (χ1n) is 10.0. The van der Waals surface area contributed by atoms with E-state index in [0.717, 1.165) is 23.2 Å². The van der Waals surface area contributed by atoms with Crippen molar-refractivity contribution >= 4 is 33.7 Å². The van der Waals surface area contributed by atoms with Crippen molar-refractivity contribution in [3.8, 4) is 5.75 Å². The summed E-state index contributed by atoms with van der Waals surface area (Å²) >= 11 is 3.51. The van der Waals surface area contributed by atoms with Crippen LogP contribution in [0.25, 0.3) is 0 Å². The summed E-state index contributed by atoms with van der Waals surface area (Å²) in [6, 6.07) is 10.9. The number of amides is 1. The van der Waals surface area contributed by atoms with Gasteiger partial charge < -0.3 is 20.1 Å². The fourth-order valence-electron chi connectivity index (χ4n) is 3.61. The molecule has 0 saturated heterocycles. The maximum atomic E-state index is 12.9. The number of hydrogen-bond donors (Lipinski definition) is 1. The molecule has 3 rings (SSSR count). The van der Waals surface area contributed by atoms with Crippen molar-refractivity contribution in [3.05, 3.63) is 57.6 Å². The molecule has 0 saturated carbocycles. The topological polar surface area (TPSA) is 81.9 Å². The third-order valence-electron chi connectivity index (χ3n) is 5.00. The Morgan fingerprint density at radius 2 is 1.97 bits per heavy atom. The predicted molar refractivity (Wildman–Crippen MR) is 120 cm³/mol. The number of nitrogens with two attached hydrogens (primary N) is 1. The number of benzene rings is 2. The van der Waals surface area contributed by atoms with Crippen molar-refractivity contribution < 1.29 is 19.1 Å². The van der Waals surface area contributed by atoms with Crippen molar-refractivity contribution in [1.82, 2.24) is 0 Å². The smallest absolute Gasteiger partial charge is 0.434 e. The number of halogens is 1. The lowest BCUT2D eigenvalue weighted by Crippen LogP contribution is -2.32. The van der Waals surface area contributed by atoms with Crippen LogP contribution in [-0.2, 0) is 16.0 Å². The molecule has 1 heterocycles. The van der Waals surface area contributed by atoms with Crippen LogP contribution >= 0.6 is 15.9 Å². The SMILES string of the molecule is Cc1cc(OC(=O)OCC(C)C)cc(Br)c1C(N)CC(=O)N1CCc2ccccc21. The van der Waals surface area contributed by atoms with Crippen LogP contribution in [0.4, 0.5) is 10.5 Å². The van der Waals surface area contributed by atoms with Crippen molar-refractivity contribution in [2.24, 2.45) is 11.7 Å². The van der Waals surface area contributed by atoms with Crippen LogP contribution in [0.5, 0.6) is 5.75 Å². The molecule has 0 bridgehead atoms. The van der Waals surface area contributed by atoms with Crippen LogP contribution in [0.15, 0.2) is 40.9 Å². The highest BCUT2D eigenvalue weighted by atomic mass is 79.9. The van der Waals surface area contributed by atoms with Gasteiger partial charge in [-0.2, -0.15) is 0 Å². The summed E-state index contributed by atoms with van der Waals surface area (Å²) in [4.78, 5) is 26.5. The van der Waals surface area contributed by atoms with Crippen molar-refractivity contribution in [2.45, 2.75) is 39.7 Å². The van der Waals surface area contributed by atoms with E-state index in [1.807, 2.05) is 45.0 Å². The number of nitrogens with zero attached hydrogens (tertiary/aromatic N) is 1. The minimum atomic E-state index is -0.741. The van der Waals surface area contributed by atoms with Crippen LogP contribution in [-0.4, -0.2) is 25.2 Å². The Hall–Kier alpha value is -2.38. The predicted octanol–water partition coefficient (Wildman–Crippen LogP) is 4.91. The maximum absolute atomic E-state index is 12.9. The standard InChI is InChI=1S/C23H27BrN2O4/c1-14(2)13-29-23(28)30-17-10-15(3)22(18(24)11-17)19(25)12-21(27)26-9-8-16-6-4-5-7-20(16)26/h4-7,10-11,14,19H,8-9,12-13,25H2,1-3H3. The number of rotatable bonds is 6. The molecule has 0 radical (unpaired) electrons. The van der Waals surface area contributed by atoms with Gasteiger partial charge in [0.25, 0.3) is 0 Å². The van der Waals surface area contributed by atoms with E-state index in [0.29, 0.717) is 23.4 Å². The monoisotopic (exact) mass is 474 g/mol. The maximum Gasteiger partial charge on any atom is 0.513 e. The molecule has 30 heavy (non-hydrogen) atoms. The molecule has 2 aromatic carbocycles. The van der Waals surface area contributed by atoms with Gasteiger partial charge in [-0.3, -0.25) is 4.79 Å². The summed E-state index contributed by atoms with van der Waals surface area (Å²) in [6.07, 6.45) is 0.304. The highest BCUT2D eigenvalue weighted by Crippen LogP contribution is 2.34. The average molecular weight is 475 g/mol. The van der Waals surface area contributed by atoms with E-state index in [1.165, 1.54) is 5.56 Å². The van der Waals surface area contributed by atoms with Gasteiger partial charge in [0, 0.05) is 29.2 Å². The molecule has 7 heteroatoms. The largest absolute Gasteiger partial charge is 0.513 e. The number of carbonyl (C=O) groups excluding carboxylic acids is 2. The molecule has 160 valence electrons. The Balaban J connectivity index is 1.68. The normalized spacial score (nSPS) is 13.9. The van der Waals surface area contributed by atoms with Gasteiger partial charge in [0.2, 0.25) is 5.91 Å². The minimum absolute atomic E-state index is 0.00339. The third kappa shape index (κ3) is 5.21. The molecule has 0 spiro atoms. The number of para-hydroxylation sites is 1. The molecule has 0 aromatic heterocycles.